The number of fused-ring (bicyclic) bond motifs is 6. The number of carboxylic acids is 3. The number of carbonyl (C=O) groups excluding carboxylic acids is 9. The predicted octanol–water partition coefficient (Wildman–Crippen LogP) is 18.3. The number of hydrogen-bond donors (Lipinski definition) is 0. The number of hydrogen-bond acceptors (Lipinski definition) is 18. The molecule has 0 amide bonds. The topological polar surface area (TPSA) is 300 Å². The molecule has 0 atom stereocenters. The summed E-state index contributed by atoms with van der Waals surface area (Å²) in [4.78, 5) is 116. The molecule has 0 aliphatic rings. The van der Waals surface area contributed by atoms with Gasteiger partial charge in [0.2, 0.25) is 0 Å². The van der Waals surface area contributed by atoms with E-state index in [9.17, 15) is 58.5 Å². The van der Waals surface area contributed by atoms with Gasteiger partial charge in [-0.25, -0.2) is 0 Å². The fraction of sp³-hybridized carbons (Fsp3) is 0.0571. The summed E-state index contributed by atoms with van der Waals surface area (Å²) in [6.07, 6.45) is 9.49. The smallest absolute Gasteiger partial charge is 0.542 e. The van der Waals surface area contributed by atoms with Crippen molar-refractivity contribution in [3.05, 3.63) is 401 Å². The molecule has 0 fully saturated rings. The number of Topliss-reactive ketones (excluding diaryl/α,β-unsaturated/α-hetero) is 6. The summed E-state index contributed by atoms with van der Waals surface area (Å²) >= 11 is 0. The number of aromatic nitrogens is 6. The maximum Gasteiger partial charge on any atom is 3.00 e. The van der Waals surface area contributed by atoms with E-state index in [1.807, 2.05) is 183 Å². The van der Waals surface area contributed by atoms with Crippen molar-refractivity contribution < 1.29 is 78.6 Å². The van der Waals surface area contributed by atoms with Gasteiger partial charge in [0.05, 0.1) is 53.4 Å². The van der Waals surface area contributed by atoms with Gasteiger partial charge in [-0.15, -0.1) is 0 Å². The van der Waals surface area contributed by atoms with Crippen LogP contribution in [-0.4, -0.2) is 82.5 Å². The summed E-state index contributed by atoms with van der Waals surface area (Å²) < 4.78 is 0. The summed E-state index contributed by atoms with van der Waals surface area (Å²) in [7, 11) is 0. The van der Waals surface area contributed by atoms with Crippen LogP contribution in [0.25, 0.3) is 132 Å². The molecule has 19 heteroatoms. The van der Waals surface area contributed by atoms with Crippen LogP contribution in [0.5, 0.6) is 0 Å². The van der Waals surface area contributed by atoms with E-state index in [2.05, 4.69) is 248 Å². The molecule has 0 aliphatic heterocycles. The molecule has 0 aliphatic carbocycles. The van der Waals surface area contributed by atoms with E-state index in [-0.39, 0.29) is 20.1 Å². The number of pyridine rings is 6. The van der Waals surface area contributed by atoms with Crippen molar-refractivity contribution in [3.63, 3.8) is 0 Å². The van der Waals surface area contributed by atoms with E-state index >= 15 is 0 Å². The maximum atomic E-state index is 10.1. The zero-order valence-corrected chi connectivity index (χ0v) is 70.0. The largest absolute Gasteiger partial charge is 3.00 e. The molecule has 6 heterocycles. The van der Waals surface area contributed by atoms with Crippen LogP contribution in [0.2, 0.25) is 0 Å². The van der Waals surface area contributed by atoms with Crippen molar-refractivity contribution in [3.8, 4) is 67.5 Å². The minimum Gasteiger partial charge on any atom is -0.542 e. The number of carboxylic acid groups (broad SMARTS) is 3. The van der Waals surface area contributed by atoms with Gasteiger partial charge in [0, 0.05) is 103 Å². The summed E-state index contributed by atoms with van der Waals surface area (Å²) in [5.41, 5.74) is 13.3. The Balaban J connectivity index is 0.000000160. The van der Waals surface area contributed by atoms with Gasteiger partial charge >= 0.3 is 20.1 Å². The van der Waals surface area contributed by atoms with Crippen molar-refractivity contribution in [1.29, 1.82) is 0 Å². The normalized spacial score (nSPS) is 9.99. The second-order valence-electron chi connectivity index (χ2n) is 27.2. The molecule has 124 heavy (non-hydrogen) atoms. The first-order chi connectivity index (χ1) is 59.8. The van der Waals surface area contributed by atoms with Crippen LogP contribution < -0.4 is 15.3 Å². The van der Waals surface area contributed by atoms with Crippen LogP contribution in [0, 0.1) is 0 Å². The van der Waals surface area contributed by atoms with Crippen molar-refractivity contribution in [2.45, 2.75) is 40.0 Å². The van der Waals surface area contributed by atoms with Crippen LogP contribution in [0.15, 0.2) is 401 Å². The molecule has 0 bridgehead atoms. The molecule has 18 nitrogen and oxygen atoms in total. The number of benzene rings is 12. The quantitative estimate of drug-likeness (QED) is 0.0680. The SMILES string of the molecule is CC(=O)CC(=O)C(=O)[O-].CC(=O)CC(=O)C(=O)[O-].CC(=O)CC(=O)C(=O)[O-].[Ir+3].c1ccc(-c2nccc3ccccc23)cc1.c1ccc(-c2nccc3ccccc23)cc1.c1ccc(-c2nccc3ccccc23)cc1.c1ccc(-c2nccc3ccccc23)cc1.c1ccc(-c2nccc3ccccc23)cc1.c1ccc(-c2nccc3ccccc23)cc1. The fourth-order valence-corrected chi connectivity index (χ4v) is 12.6. The Bertz CT molecular complexity index is 5620. The van der Waals surface area contributed by atoms with Crippen molar-refractivity contribution >= 4 is 117 Å². The molecule has 6 aromatic heterocycles. The van der Waals surface area contributed by atoms with E-state index < -0.39 is 71.9 Å². The number of ketones is 6. The zero-order valence-electron chi connectivity index (χ0n) is 67.6. The number of nitrogens with zero attached hydrogens (tertiary/aromatic N) is 6. The van der Waals surface area contributed by atoms with Gasteiger partial charge in [0.1, 0.15) is 35.3 Å². The molecular formula is C105H81IrN6O12. The van der Waals surface area contributed by atoms with Gasteiger partial charge in [0.25, 0.3) is 0 Å². The van der Waals surface area contributed by atoms with Crippen LogP contribution >= 0.6 is 0 Å². The van der Waals surface area contributed by atoms with E-state index in [4.69, 9.17) is 0 Å². The Morgan fingerprint density at radius 1 is 0.194 bits per heavy atom. The van der Waals surface area contributed by atoms with Gasteiger partial charge in [-0.05, 0) is 89.5 Å². The van der Waals surface area contributed by atoms with Crippen LogP contribution in [0.4, 0.5) is 0 Å². The number of rotatable bonds is 15. The average molecular weight is 1810 g/mol. The van der Waals surface area contributed by atoms with Crippen LogP contribution in [0.1, 0.15) is 40.0 Å². The molecule has 0 unspecified atom stereocenters. The van der Waals surface area contributed by atoms with Gasteiger partial charge < -0.3 is 29.7 Å². The third-order valence-electron chi connectivity index (χ3n) is 18.2. The van der Waals surface area contributed by atoms with Gasteiger partial charge in [0.15, 0.2) is 17.3 Å². The standard InChI is InChI=1S/6C15H11N.3C5H6O4.Ir/c6*1-2-7-13(8-3-1)15-14-9-5-4-6-12(14)10-11-16-15;3*1-3(6)2-4(7)5(8)9;/h6*1-11H;3*2H2,1H3,(H,8,9);/q;;;;;;;;;+3/p-3. The molecule has 0 radical (unpaired) electrons. The Kier molecular flexibility index (Phi) is 35.9. The molecule has 0 N–H and O–H groups in total. The van der Waals surface area contributed by atoms with E-state index in [1.54, 1.807) is 0 Å². The first-order valence-corrected chi connectivity index (χ1v) is 38.9. The second-order valence-corrected chi connectivity index (χ2v) is 27.2. The molecule has 0 saturated heterocycles. The summed E-state index contributed by atoms with van der Waals surface area (Å²) in [5, 5.41) is 43.5. The Hall–Kier alpha value is -15.8. The third-order valence-corrected chi connectivity index (χ3v) is 18.2. The van der Waals surface area contributed by atoms with Gasteiger partial charge in [-0.2, -0.15) is 0 Å². The zero-order chi connectivity index (χ0) is 87.1. The van der Waals surface area contributed by atoms with Crippen molar-refractivity contribution in [2.75, 3.05) is 0 Å². The van der Waals surface area contributed by atoms with E-state index in [1.165, 1.54) is 98.0 Å². The minimum atomic E-state index is -1.80. The second kappa shape index (κ2) is 48.3. The van der Waals surface area contributed by atoms with Gasteiger partial charge in [-0.1, -0.05) is 328 Å². The molecule has 18 aromatic rings. The minimum absolute atomic E-state index is 0. The molecular weight excluding hydrogens is 1730 g/mol. The summed E-state index contributed by atoms with van der Waals surface area (Å²) in [6.45, 7) is 3.42. The van der Waals surface area contributed by atoms with Gasteiger partial charge in [-0.3, -0.25) is 58.7 Å². The predicted molar refractivity (Wildman–Crippen MR) is 479 cm³/mol. The number of aliphatic carboxylic acids is 3. The van der Waals surface area contributed by atoms with E-state index in [0.29, 0.717) is 0 Å². The Morgan fingerprint density at radius 3 is 0.444 bits per heavy atom. The van der Waals surface area contributed by atoms with Crippen LogP contribution in [-0.2, 0) is 63.3 Å². The molecule has 0 saturated carbocycles. The van der Waals surface area contributed by atoms with Crippen LogP contribution in [0.3, 0.4) is 0 Å². The molecule has 0 spiro atoms. The monoisotopic (exact) mass is 1810 g/mol. The average Bonchev–Trinajstić information content (AvgIpc) is 0.840. The van der Waals surface area contributed by atoms with E-state index in [0.717, 1.165) is 54.9 Å². The Morgan fingerprint density at radius 2 is 0.323 bits per heavy atom. The summed E-state index contributed by atoms with van der Waals surface area (Å²) in [6, 6.07) is 124. The molecule has 612 valence electrons. The first-order valence-electron chi connectivity index (χ1n) is 38.9. The molecule has 12 aromatic carbocycles. The fourth-order valence-electron chi connectivity index (χ4n) is 12.6. The summed E-state index contributed by atoms with van der Waals surface area (Å²) in [5.74, 6) is -10.3. The third kappa shape index (κ3) is 27.6. The molecule has 18 rings (SSSR count). The number of carbonyl (C=O) groups is 9. The Labute approximate surface area is 729 Å². The first kappa shape index (κ1) is 92.1. The van der Waals surface area contributed by atoms with Crippen molar-refractivity contribution in [2.24, 2.45) is 0 Å². The van der Waals surface area contributed by atoms with Crippen molar-refractivity contribution in [1.82, 2.24) is 29.9 Å². The maximum absolute atomic E-state index is 10.1.